The molecule has 3 nitrogen and oxygen atoms in total. The van der Waals surface area contributed by atoms with Gasteiger partial charge in [0.1, 0.15) is 6.33 Å². The summed E-state index contributed by atoms with van der Waals surface area (Å²) in [5, 5.41) is 0. The molecule has 1 aromatic carbocycles. The molecular weight excluding hydrogens is 224 g/mol. The largest absolute Gasteiger partial charge is 0.276 e. The second kappa shape index (κ2) is 4.77. The molecule has 0 atom stereocenters. The third-order valence-electron chi connectivity index (χ3n) is 2.97. The van der Waals surface area contributed by atoms with E-state index in [0.717, 1.165) is 5.56 Å². The summed E-state index contributed by atoms with van der Waals surface area (Å²) in [5.41, 5.74) is 2.45. The van der Waals surface area contributed by atoms with Crippen molar-refractivity contribution in [3.05, 3.63) is 54.1 Å². The highest BCUT2D eigenvalue weighted by Crippen LogP contribution is 2.22. The Kier molecular flexibility index (Phi) is 3.32. The van der Waals surface area contributed by atoms with Crippen LogP contribution in [-0.4, -0.2) is 15.5 Å². The van der Waals surface area contributed by atoms with Crippen molar-refractivity contribution in [2.45, 2.75) is 32.6 Å². The second-order valence-corrected chi connectivity index (χ2v) is 5.49. The van der Waals surface area contributed by atoms with Crippen molar-refractivity contribution in [3.63, 3.8) is 0 Å². The molecule has 0 unspecified atom stereocenters. The molecule has 2 rings (SSSR count). The summed E-state index contributed by atoms with van der Waals surface area (Å²) in [6.45, 7) is 6.54. The molecule has 0 saturated carbocycles. The summed E-state index contributed by atoms with van der Waals surface area (Å²) in [5.74, 6) is 0.0380. The molecule has 3 heteroatoms. The topological polar surface area (TPSA) is 34.9 Å². The number of hydrogen-bond acceptors (Lipinski definition) is 2. The van der Waals surface area contributed by atoms with E-state index in [-0.39, 0.29) is 11.3 Å². The Morgan fingerprint density at radius 2 is 1.89 bits per heavy atom. The van der Waals surface area contributed by atoms with E-state index in [1.54, 1.807) is 12.4 Å². The van der Waals surface area contributed by atoms with Crippen LogP contribution in [-0.2, 0) is 11.8 Å². The SMILES string of the molecule is CC(C)(C)c1ccc(CC(=O)n2ccnc2)cc1. The molecule has 2 aromatic rings. The van der Waals surface area contributed by atoms with Crippen LogP contribution in [0.15, 0.2) is 43.0 Å². The van der Waals surface area contributed by atoms with Crippen molar-refractivity contribution in [3.8, 4) is 0 Å². The third kappa shape index (κ3) is 2.86. The lowest BCUT2D eigenvalue weighted by atomic mass is 9.86. The van der Waals surface area contributed by atoms with E-state index in [1.165, 1.54) is 16.5 Å². The molecule has 0 bridgehead atoms. The van der Waals surface area contributed by atoms with Crippen molar-refractivity contribution >= 4 is 5.91 Å². The van der Waals surface area contributed by atoms with E-state index in [4.69, 9.17) is 0 Å². The first kappa shape index (κ1) is 12.6. The lowest BCUT2D eigenvalue weighted by Crippen LogP contribution is -2.13. The number of benzene rings is 1. The van der Waals surface area contributed by atoms with Crippen LogP contribution in [0.25, 0.3) is 0 Å². The lowest BCUT2D eigenvalue weighted by Gasteiger charge is -2.19. The van der Waals surface area contributed by atoms with Crippen LogP contribution in [0.4, 0.5) is 0 Å². The van der Waals surface area contributed by atoms with Crippen LogP contribution in [0.1, 0.15) is 36.7 Å². The molecule has 1 aromatic heterocycles. The van der Waals surface area contributed by atoms with E-state index in [0.29, 0.717) is 6.42 Å². The van der Waals surface area contributed by atoms with Gasteiger partial charge in [0.25, 0.3) is 0 Å². The van der Waals surface area contributed by atoms with Gasteiger partial charge in [-0.25, -0.2) is 4.98 Å². The molecule has 0 aliphatic carbocycles. The standard InChI is InChI=1S/C15H18N2O/c1-15(2,3)13-6-4-12(5-7-13)10-14(18)17-9-8-16-11-17/h4-9,11H,10H2,1-3H3. The summed E-state index contributed by atoms with van der Waals surface area (Å²) in [7, 11) is 0. The van der Waals surface area contributed by atoms with Crippen molar-refractivity contribution in [1.82, 2.24) is 9.55 Å². The zero-order chi connectivity index (χ0) is 13.2. The van der Waals surface area contributed by atoms with Gasteiger partial charge in [-0.15, -0.1) is 0 Å². The molecule has 0 saturated heterocycles. The average Bonchev–Trinajstić information content (AvgIpc) is 2.82. The molecule has 18 heavy (non-hydrogen) atoms. The predicted molar refractivity (Wildman–Crippen MR) is 71.7 cm³/mol. The highest BCUT2D eigenvalue weighted by molar-refractivity contribution is 5.80. The number of nitrogens with zero attached hydrogens (tertiary/aromatic N) is 2. The van der Waals surface area contributed by atoms with Gasteiger partial charge in [0.15, 0.2) is 0 Å². The van der Waals surface area contributed by atoms with Crippen LogP contribution in [0.3, 0.4) is 0 Å². The van der Waals surface area contributed by atoms with Gasteiger partial charge in [-0.2, -0.15) is 0 Å². The van der Waals surface area contributed by atoms with Crippen molar-refractivity contribution < 1.29 is 4.79 Å². The smallest absolute Gasteiger partial charge is 0.236 e. The Labute approximate surface area is 107 Å². The summed E-state index contributed by atoms with van der Waals surface area (Å²) in [4.78, 5) is 15.8. The predicted octanol–water partition coefficient (Wildman–Crippen LogP) is 3.06. The van der Waals surface area contributed by atoms with Gasteiger partial charge in [0, 0.05) is 12.4 Å². The fourth-order valence-corrected chi connectivity index (χ4v) is 1.80. The molecule has 0 fully saturated rings. The van der Waals surface area contributed by atoms with E-state index in [9.17, 15) is 4.79 Å². The molecule has 1 heterocycles. The second-order valence-electron chi connectivity index (χ2n) is 5.49. The normalized spacial score (nSPS) is 11.5. The Bertz CT molecular complexity index is 519. The van der Waals surface area contributed by atoms with E-state index >= 15 is 0 Å². The van der Waals surface area contributed by atoms with E-state index in [1.807, 2.05) is 12.1 Å². The summed E-state index contributed by atoms with van der Waals surface area (Å²) < 4.78 is 1.51. The van der Waals surface area contributed by atoms with Gasteiger partial charge in [-0.1, -0.05) is 45.0 Å². The maximum absolute atomic E-state index is 11.9. The van der Waals surface area contributed by atoms with Crippen molar-refractivity contribution in [2.24, 2.45) is 0 Å². The van der Waals surface area contributed by atoms with E-state index < -0.39 is 0 Å². The monoisotopic (exact) mass is 242 g/mol. The maximum Gasteiger partial charge on any atom is 0.236 e. The minimum Gasteiger partial charge on any atom is -0.276 e. The first-order valence-corrected chi connectivity index (χ1v) is 6.07. The fourth-order valence-electron chi connectivity index (χ4n) is 1.80. The molecule has 0 spiro atoms. The first-order valence-electron chi connectivity index (χ1n) is 6.07. The molecule has 0 N–H and O–H groups in total. The highest BCUT2D eigenvalue weighted by atomic mass is 16.2. The van der Waals surface area contributed by atoms with Crippen molar-refractivity contribution in [1.29, 1.82) is 0 Å². The Hall–Kier alpha value is -1.90. The lowest BCUT2D eigenvalue weighted by molar-refractivity contribution is 0.0914. The number of hydrogen-bond donors (Lipinski definition) is 0. The molecule has 94 valence electrons. The van der Waals surface area contributed by atoms with Crippen LogP contribution < -0.4 is 0 Å². The molecule has 0 aliphatic rings. The van der Waals surface area contributed by atoms with Gasteiger partial charge in [0.2, 0.25) is 5.91 Å². The molecule has 0 amide bonds. The fraction of sp³-hybridized carbons (Fsp3) is 0.333. The summed E-state index contributed by atoms with van der Waals surface area (Å²) in [6.07, 6.45) is 5.22. The van der Waals surface area contributed by atoms with Crippen molar-refractivity contribution in [2.75, 3.05) is 0 Å². The Morgan fingerprint density at radius 3 is 2.39 bits per heavy atom. The summed E-state index contributed by atoms with van der Waals surface area (Å²) in [6, 6.07) is 8.23. The first-order chi connectivity index (χ1) is 8.47. The van der Waals surface area contributed by atoms with Crippen LogP contribution in [0.5, 0.6) is 0 Å². The zero-order valence-electron chi connectivity index (χ0n) is 11.1. The van der Waals surface area contributed by atoms with Crippen LogP contribution in [0.2, 0.25) is 0 Å². The number of carbonyl (C=O) groups is 1. The number of imidazole rings is 1. The van der Waals surface area contributed by atoms with Gasteiger partial charge in [-0.05, 0) is 16.5 Å². The van der Waals surface area contributed by atoms with Gasteiger partial charge >= 0.3 is 0 Å². The maximum atomic E-state index is 11.9. The zero-order valence-corrected chi connectivity index (χ0v) is 11.1. The van der Waals surface area contributed by atoms with Gasteiger partial charge in [0.05, 0.1) is 6.42 Å². The summed E-state index contributed by atoms with van der Waals surface area (Å²) >= 11 is 0. The molecular formula is C15H18N2O. The number of rotatable bonds is 2. The average molecular weight is 242 g/mol. The number of carbonyl (C=O) groups excluding carboxylic acids is 1. The minimum atomic E-state index is 0.0380. The minimum absolute atomic E-state index is 0.0380. The molecule has 0 aliphatic heterocycles. The van der Waals surface area contributed by atoms with Gasteiger partial charge < -0.3 is 0 Å². The Balaban J connectivity index is 2.09. The van der Waals surface area contributed by atoms with Gasteiger partial charge in [-0.3, -0.25) is 9.36 Å². The van der Waals surface area contributed by atoms with E-state index in [2.05, 4.69) is 37.9 Å². The Morgan fingerprint density at radius 1 is 1.22 bits per heavy atom. The number of aromatic nitrogens is 2. The third-order valence-corrected chi connectivity index (χ3v) is 2.97. The van der Waals surface area contributed by atoms with Crippen LogP contribution in [0, 0.1) is 0 Å². The quantitative estimate of drug-likeness (QED) is 0.811. The molecule has 0 radical (unpaired) electrons. The van der Waals surface area contributed by atoms with Crippen LogP contribution >= 0.6 is 0 Å². The highest BCUT2D eigenvalue weighted by Gasteiger charge is 2.13.